The van der Waals surface area contributed by atoms with Crippen LogP contribution in [0, 0.1) is 11.3 Å². The van der Waals surface area contributed by atoms with E-state index in [1.54, 1.807) is 6.21 Å². The summed E-state index contributed by atoms with van der Waals surface area (Å²) < 4.78 is 0. The number of nitrogens with one attached hydrogen (secondary N) is 1. The summed E-state index contributed by atoms with van der Waals surface area (Å²) in [4.78, 5) is 1.03. The van der Waals surface area contributed by atoms with Gasteiger partial charge in [-0.25, -0.2) is 0 Å². The smallest absolute Gasteiger partial charge is 0.0259 e. The van der Waals surface area contributed by atoms with E-state index in [1.807, 2.05) is 0 Å². The van der Waals surface area contributed by atoms with Crippen LogP contribution in [-0.2, 0) is 0 Å². The van der Waals surface area contributed by atoms with Crippen LogP contribution < -0.4 is 0 Å². The van der Waals surface area contributed by atoms with Crippen LogP contribution in [0.15, 0.2) is 16.5 Å². The van der Waals surface area contributed by atoms with Gasteiger partial charge in [-0.05, 0) is 66.7 Å². The number of allylic oxidation sites excluding steroid dienone is 1. The molecule has 0 bridgehead atoms. The van der Waals surface area contributed by atoms with Crippen LogP contribution in [-0.4, -0.2) is 6.21 Å². The summed E-state index contributed by atoms with van der Waals surface area (Å²) >= 11 is 4.71. The topological polar surface area (TPSA) is 23.9 Å². The molecule has 0 saturated heterocycles. The maximum Gasteiger partial charge on any atom is 0.0259 e. The summed E-state index contributed by atoms with van der Waals surface area (Å²) in [6, 6.07) is 2.24. The number of benzene rings is 1. The minimum Gasteiger partial charge on any atom is -0.308 e. The molecule has 0 unspecified atom stereocenters. The maximum atomic E-state index is 7.88. The van der Waals surface area contributed by atoms with Gasteiger partial charge >= 0.3 is 0 Å². The first-order valence-electron chi connectivity index (χ1n) is 7.61. The molecule has 0 heterocycles. The van der Waals surface area contributed by atoms with Crippen LogP contribution in [0.25, 0.3) is 6.08 Å². The van der Waals surface area contributed by atoms with E-state index < -0.39 is 0 Å². The first kappa shape index (κ1) is 13.9. The zero-order valence-corrected chi connectivity index (χ0v) is 13.4. The molecule has 3 rings (SSSR count). The summed E-state index contributed by atoms with van der Waals surface area (Å²) in [5, 5.41) is 7.88. The van der Waals surface area contributed by atoms with Crippen molar-refractivity contribution in [3.63, 3.8) is 0 Å². The van der Waals surface area contributed by atoms with Gasteiger partial charge in [0.2, 0.25) is 0 Å². The van der Waals surface area contributed by atoms with E-state index >= 15 is 0 Å². The maximum absolute atomic E-state index is 7.88. The minimum atomic E-state index is 0.555. The van der Waals surface area contributed by atoms with E-state index in [4.69, 9.17) is 18.0 Å². The average molecular weight is 285 g/mol. The van der Waals surface area contributed by atoms with Crippen molar-refractivity contribution in [2.75, 3.05) is 0 Å². The lowest BCUT2D eigenvalue weighted by Gasteiger charge is -2.15. The van der Waals surface area contributed by atoms with Gasteiger partial charge in [-0.1, -0.05) is 25.5 Å². The fourth-order valence-electron chi connectivity index (χ4n) is 3.67. The molecule has 2 heteroatoms. The first-order chi connectivity index (χ1) is 9.52. The molecule has 2 aliphatic rings. The molecular formula is C18H23NS. The Kier molecular flexibility index (Phi) is 3.53. The van der Waals surface area contributed by atoms with Gasteiger partial charge in [0.15, 0.2) is 0 Å². The molecule has 0 radical (unpaired) electrons. The van der Waals surface area contributed by atoms with Crippen molar-refractivity contribution >= 4 is 24.9 Å². The SMILES string of the molecule is C/C(=C\c1c(S)cc2c(c1C=N)[C@@H](C)C[C@@H]2C)C1CC1. The highest BCUT2D eigenvalue weighted by molar-refractivity contribution is 7.80. The van der Waals surface area contributed by atoms with E-state index in [0.29, 0.717) is 11.8 Å². The molecule has 1 aromatic carbocycles. The third-order valence-electron chi connectivity index (χ3n) is 4.93. The second-order valence-electron chi connectivity index (χ2n) is 6.57. The van der Waals surface area contributed by atoms with Crippen molar-refractivity contribution in [3.05, 3.63) is 33.9 Å². The Morgan fingerprint density at radius 1 is 1.25 bits per heavy atom. The Hall–Kier alpha value is -1.02. The summed E-state index contributed by atoms with van der Waals surface area (Å²) in [6.45, 7) is 6.79. The molecule has 2 aliphatic carbocycles. The van der Waals surface area contributed by atoms with E-state index in [0.717, 1.165) is 21.9 Å². The normalized spacial score (nSPS) is 25.7. The molecule has 1 fully saturated rings. The molecule has 2 atom stereocenters. The summed E-state index contributed by atoms with van der Waals surface area (Å²) in [6.07, 6.45) is 7.65. The first-order valence-corrected chi connectivity index (χ1v) is 8.06. The zero-order chi connectivity index (χ0) is 14.4. The fourth-order valence-corrected chi connectivity index (χ4v) is 3.99. The Morgan fingerprint density at radius 3 is 2.55 bits per heavy atom. The number of fused-ring (bicyclic) bond motifs is 1. The quantitative estimate of drug-likeness (QED) is 0.549. The molecule has 1 saturated carbocycles. The second-order valence-corrected chi connectivity index (χ2v) is 7.05. The Labute approximate surface area is 127 Å². The van der Waals surface area contributed by atoms with Gasteiger partial charge in [0.25, 0.3) is 0 Å². The third kappa shape index (κ3) is 2.24. The van der Waals surface area contributed by atoms with Crippen LogP contribution in [0.3, 0.4) is 0 Å². The van der Waals surface area contributed by atoms with Gasteiger partial charge in [0.05, 0.1) is 0 Å². The average Bonchev–Trinajstić information content (AvgIpc) is 3.20. The highest BCUT2D eigenvalue weighted by atomic mass is 32.1. The summed E-state index contributed by atoms with van der Waals surface area (Å²) in [5.41, 5.74) is 6.50. The van der Waals surface area contributed by atoms with Gasteiger partial charge in [-0.2, -0.15) is 0 Å². The van der Waals surface area contributed by atoms with Crippen LogP contribution in [0.1, 0.15) is 74.1 Å². The molecule has 1 N–H and O–H groups in total. The molecule has 0 aromatic heterocycles. The summed E-state index contributed by atoms with van der Waals surface area (Å²) in [5.74, 6) is 1.91. The number of hydrogen-bond donors (Lipinski definition) is 2. The molecule has 106 valence electrons. The number of thiol groups is 1. The van der Waals surface area contributed by atoms with Crippen molar-refractivity contribution in [2.24, 2.45) is 5.92 Å². The second kappa shape index (κ2) is 5.07. The van der Waals surface area contributed by atoms with Gasteiger partial charge in [-0.3, -0.25) is 0 Å². The fraction of sp³-hybridized carbons (Fsp3) is 0.500. The Bertz CT molecular complexity index is 596. The molecule has 0 aliphatic heterocycles. The molecule has 20 heavy (non-hydrogen) atoms. The monoisotopic (exact) mass is 285 g/mol. The lowest BCUT2D eigenvalue weighted by Crippen LogP contribution is -2.00. The van der Waals surface area contributed by atoms with Gasteiger partial charge in [0, 0.05) is 16.7 Å². The van der Waals surface area contributed by atoms with Crippen molar-refractivity contribution < 1.29 is 0 Å². The molecule has 1 nitrogen and oxygen atoms in total. The predicted octanol–water partition coefficient (Wildman–Crippen LogP) is 5.40. The van der Waals surface area contributed by atoms with Crippen molar-refractivity contribution in [2.45, 2.75) is 56.8 Å². The van der Waals surface area contributed by atoms with Crippen molar-refractivity contribution in [1.29, 1.82) is 5.41 Å². The molecular weight excluding hydrogens is 262 g/mol. The zero-order valence-electron chi connectivity index (χ0n) is 12.5. The highest BCUT2D eigenvalue weighted by Gasteiger charge is 2.30. The lowest BCUT2D eigenvalue weighted by atomic mass is 9.91. The largest absolute Gasteiger partial charge is 0.308 e. The van der Waals surface area contributed by atoms with Crippen molar-refractivity contribution in [3.8, 4) is 0 Å². The van der Waals surface area contributed by atoms with Crippen LogP contribution in [0.4, 0.5) is 0 Å². The Balaban J connectivity index is 2.17. The van der Waals surface area contributed by atoms with E-state index in [2.05, 4.69) is 32.9 Å². The summed E-state index contributed by atoms with van der Waals surface area (Å²) in [7, 11) is 0. The van der Waals surface area contributed by atoms with Gasteiger partial charge in [-0.15, -0.1) is 12.6 Å². The predicted molar refractivity (Wildman–Crippen MR) is 89.4 cm³/mol. The van der Waals surface area contributed by atoms with Gasteiger partial charge in [0.1, 0.15) is 0 Å². The van der Waals surface area contributed by atoms with Crippen LogP contribution in [0.2, 0.25) is 0 Å². The van der Waals surface area contributed by atoms with Crippen LogP contribution >= 0.6 is 12.6 Å². The number of hydrogen-bond acceptors (Lipinski definition) is 2. The third-order valence-corrected chi connectivity index (χ3v) is 5.30. The number of rotatable bonds is 3. The highest BCUT2D eigenvalue weighted by Crippen LogP contribution is 2.46. The molecule has 1 aromatic rings. The van der Waals surface area contributed by atoms with E-state index in [-0.39, 0.29) is 0 Å². The standard InChI is InChI=1S/C18H23NS/c1-10(13-4-5-13)7-15-16(9-19)18-12(3)6-11(2)14(18)8-17(15)20/h7-9,11-13,19-20H,4-6H2,1-3H3/b10-7+,19-9?/t11-,12-/m0/s1. The van der Waals surface area contributed by atoms with Crippen LogP contribution in [0.5, 0.6) is 0 Å². The minimum absolute atomic E-state index is 0.555. The van der Waals surface area contributed by atoms with Gasteiger partial charge < -0.3 is 5.41 Å². The molecule has 0 spiro atoms. The van der Waals surface area contributed by atoms with E-state index in [1.165, 1.54) is 36.0 Å². The van der Waals surface area contributed by atoms with E-state index in [9.17, 15) is 0 Å². The lowest BCUT2D eigenvalue weighted by molar-refractivity contribution is 0.661. The Morgan fingerprint density at radius 2 is 1.95 bits per heavy atom. The molecule has 0 amide bonds. The van der Waals surface area contributed by atoms with Crippen molar-refractivity contribution in [1.82, 2.24) is 0 Å².